The molecule has 28 heavy (non-hydrogen) atoms. The number of benzene rings is 2. The van der Waals surface area contributed by atoms with Crippen LogP contribution in [0.2, 0.25) is 0 Å². The van der Waals surface area contributed by atoms with Gasteiger partial charge in [0.25, 0.3) is 0 Å². The summed E-state index contributed by atoms with van der Waals surface area (Å²) < 4.78 is 10.8. The number of carbonyl (C=O) groups is 2. The molecule has 1 fully saturated rings. The predicted molar refractivity (Wildman–Crippen MR) is 108 cm³/mol. The molecule has 0 aliphatic heterocycles. The Morgan fingerprint density at radius 2 is 1.75 bits per heavy atom. The second kappa shape index (κ2) is 9.13. The molecule has 0 aromatic heterocycles. The van der Waals surface area contributed by atoms with Crippen LogP contribution in [0.25, 0.3) is 11.1 Å². The van der Waals surface area contributed by atoms with E-state index in [1.165, 1.54) is 0 Å². The molecule has 1 aliphatic carbocycles. The highest BCUT2D eigenvalue weighted by Crippen LogP contribution is 2.31. The van der Waals surface area contributed by atoms with Gasteiger partial charge in [-0.1, -0.05) is 30.3 Å². The van der Waals surface area contributed by atoms with Gasteiger partial charge in [-0.15, -0.1) is 0 Å². The van der Waals surface area contributed by atoms with Gasteiger partial charge in [0, 0.05) is 24.2 Å². The first-order valence-corrected chi connectivity index (χ1v) is 9.65. The van der Waals surface area contributed by atoms with Gasteiger partial charge >= 0.3 is 0 Å². The lowest BCUT2D eigenvalue weighted by molar-refractivity contribution is 0.0192. The van der Waals surface area contributed by atoms with Crippen LogP contribution in [0.3, 0.4) is 0 Å². The zero-order chi connectivity index (χ0) is 20.1. The van der Waals surface area contributed by atoms with Gasteiger partial charge in [-0.2, -0.15) is 0 Å². The number of hydrogen-bond acceptors (Lipinski definition) is 4. The highest BCUT2D eigenvalue weighted by molar-refractivity contribution is 5.98. The fourth-order valence-electron chi connectivity index (χ4n) is 3.76. The maximum absolute atomic E-state index is 12.8. The molecule has 0 heterocycles. The monoisotopic (exact) mass is 381 g/mol. The van der Waals surface area contributed by atoms with E-state index in [1.807, 2.05) is 37.3 Å². The second-order valence-corrected chi connectivity index (χ2v) is 7.33. The molecule has 0 spiro atoms. The van der Waals surface area contributed by atoms with E-state index in [0.29, 0.717) is 18.8 Å². The van der Waals surface area contributed by atoms with E-state index >= 15 is 0 Å². The van der Waals surface area contributed by atoms with Crippen molar-refractivity contribution in [3.8, 4) is 11.1 Å². The number of nitrogens with two attached hydrogens (primary N) is 1. The fraction of sp³-hybridized carbons (Fsp3) is 0.391. The largest absolute Gasteiger partial charge is 0.382 e. The number of ether oxygens (including phenoxy) is 2. The average Bonchev–Trinajstić information content (AvgIpc) is 3.17. The molecule has 2 aromatic rings. The Bertz CT molecular complexity index is 844. The maximum atomic E-state index is 12.8. The Labute approximate surface area is 165 Å². The van der Waals surface area contributed by atoms with E-state index in [1.54, 1.807) is 19.2 Å². The van der Waals surface area contributed by atoms with E-state index in [2.05, 4.69) is 0 Å². The van der Waals surface area contributed by atoms with Crippen molar-refractivity contribution < 1.29 is 19.1 Å². The number of primary amides is 1. The van der Waals surface area contributed by atoms with E-state index in [-0.39, 0.29) is 17.8 Å². The third-order valence-corrected chi connectivity index (χ3v) is 5.40. The van der Waals surface area contributed by atoms with Gasteiger partial charge in [-0.05, 0) is 55.0 Å². The van der Waals surface area contributed by atoms with Crippen molar-refractivity contribution in [3.05, 3.63) is 59.2 Å². The first kappa shape index (κ1) is 20.2. The Hall–Kier alpha value is -2.50. The Morgan fingerprint density at radius 1 is 1.04 bits per heavy atom. The summed E-state index contributed by atoms with van der Waals surface area (Å²) >= 11 is 0. The quantitative estimate of drug-likeness (QED) is 0.558. The van der Waals surface area contributed by atoms with Gasteiger partial charge in [-0.3, -0.25) is 9.59 Å². The third kappa shape index (κ3) is 4.66. The normalized spacial score (nSPS) is 18.9. The molecule has 2 unspecified atom stereocenters. The minimum Gasteiger partial charge on any atom is -0.382 e. The minimum atomic E-state index is -0.448. The smallest absolute Gasteiger partial charge is 0.248 e. The fourth-order valence-corrected chi connectivity index (χ4v) is 3.76. The van der Waals surface area contributed by atoms with Gasteiger partial charge in [0.15, 0.2) is 5.78 Å². The summed E-state index contributed by atoms with van der Waals surface area (Å²) in [6, 6.07) is 13.0. The molecule has 5 nitrogen and oxygen atoms in total. The van der Waals surface area contributed by atoms with E-state index in [0.717, 1.165) is 41.5 Å². The number of hydrogen-bond donors (Lipinski definition) is 1. The number of methoxy groups -OCH3 is 1. The number of Topliss-reactive ketones (excluding diaryl/α,β-unsaturated/α-hetero) is 1. The van der Waals surface area contributed by atoms with Crippen LogP contribution < -0.4 is 5.73 Å². The van der Waals surface area contributed by atoms with Crippen molar-refractivity contribution >= 4 is 11.7 Å². The summed E-state index contributed by atoms with van der Waals surface area (Å²) in [6.45, 7) is 3.13. The number of aryl methyl sites for hydroxylation is 1. The van der Waals surface area contributed by atoms with Crippen molar-refractivity contribution in [1.29, 1.82) is 0 Å². The van der Waals surface area contributed by atoms with Gasteiger partial charge in [-0.25, -0.2) is 0 Å². The average molecular weight is 381 g/mol. The van der Waals surface area contributed by atoms with E-state index in [9.17, 15) is 9.59 Å². The molecular weight excluding hydrogens is 354 g/mol. The molecule has 0 bridgehead atoms. The van der Waals surface area contributed by atoms with Crippen LogP contribution in [0.4, 0.5) is 0 Å². The first-order valence-electron chi connectivity index (χ1n) is 9.65. The molecule has 2 atom stereocenters. The van der Waals surface area contributed by atoms with Crippen LogP contribution in [-0.2, 0) is 9.47 Å². The van der Waals surface area contributed by atoms with Gasteiger partial charge in [0.2, 0.25) is 5.91 Å². The van der Waals surface area contributed by atoms with Crippen molar-refractivity contribution in [3.63, 3.8) is 0 Å². The van der Waals surface area contributed by atoms with Crippen LogP contribution in [0, 0.1) is 12.8 Å². The van der Waals surface area contributed by atoms with Crippen LogP contribution in [0.15, 0.2) is 42.5 Å². The van der Waals surface area contributed by atoms with Crippen molar-refractivity contribution in [2.75, 3.05) is 20.3 Å². The standard InChI is InChI=1S/C23H27NO4/c1-15-3-4-19(23(24)26)14-21(15)16-5-7-17(8-6-16)22(25)18-9-10-20(13-18)28-12-11-27-2/h3-8,14,18,20H,9-13H2,1-2H3,(H2,24,26). The van der Waals surface area contributed by atoms with Crippen LogP contribution >= 0.6 is 0 Å². The molecule has 2 aromatic carbocycles. The van der Waals surface area contributed by atoms with Crippen molar-refractivity contribution in [2.45, 2.75) is 32.3 Å². The van der Waals surface area contributed by atoms with Crippen molar-refractivity contribution in [2.24, 2.45) is 11.7 Å². The second-order valence-electron chi connectivity index (χ2n) is 7.33. The number of carbonyl (C=O) groups excluding carboxylic acids is 2. The molecule has 148 valence electrons. The highest BCUT2D eigenvalue weighted by atomic mass is 16.5. The molecule has 1 amide bonds. The summed E-state index contributed by atoms with van der Waals surface area (Å²) in [5.41, 5.74) is 9.55. The maximum Gasteiger partial charge on any atom is 0.248 e. The molecule has 1 saturated carbocycles. The lowest BCUT2D eigenvalue weighted by Gasteiger charge is -2.13. The molecular formula is C23H27NO4. The number of rotatable bonds is 8. The predicted octanol–water partition coefficient (Wildman–Crippen LogP) is 3.78. The first-order chi connectivity index (χ1) is 13.5. The van der Waals surface area contributed by atoms with Gasteiger partial charge in [0.05, 0.1) is 19.3 Å². The Morgan fingerprint density at radius 3 is 2.43 bits per heavy atom. The number of ketones is 1. The lowest BCUT2D eigenvalue weighted by Crippen LogP contribution is -2.16. The highest BCUT2D eigenvalue weighted by Gasteiger charge is 2.30. The van der Waals surface area contributed by atoms with Crippen LogP contribution in [0.5, 0.6) is 0 Å². The molecule has 1 aliphatic rings. The summed E-state index contributed by atoms with van der Waals surface area (Å²) in [6.07, 6.45) is 2.68. The molecule has 2 N–H and O–H groups in total. The number of amides is 1. The molecule has 5 heteroatoms. The zero-order valence-electron chi connectivity index (χ0n) is 16.4. The summed E-state index contributed by atoms with van der Waals surface area (Å²) in [4.78, 5) is 24.3. The van der Waals surface area contributed by atoms with Crippen LogP contribution in [-0.4, -0.2) is 38.1 Å². The third-order valence-electron chi connectivity index (χ3n) is 5.40. The zero-order valence-corrected chi connectivity index (χ0v) is 16.4. The summed E-state index contributed by atoms with van der Waals surface area (Å²) in [5.74, 6) is -0.262. The SMILES string of the molecule is COCCOC1CCC(C(=O)c2ccc(-c3cc(C(N)=O)ccc3C)cc2)C1. The van der Waals surface area contributed by atoms with E-state index in [4.69, 9.17) is 15.2 Å². The van der Waals surface area contributed by atoms with Crippen molar-refractivity contribution in [1.82, 2.24) is 0 Å². The van der Waals surface area contributed by atoms with Crippen LogP contribution in [0.1, 0.15) is 45.5 Å². The van der Waals surface area contributed by atoms with Gasteiger partial charge in [0.1, 0.15) is 0 Å². The molecule has 3 rings (SSSR count). The summed E-state index contributed by atoms with van der Waals surface area (Å²) in [7, 11) is 1.65. The Balaban J connectivity index is 1.69. The Kier molecular flexibility index (Phi) is 6.60. The lowest BCUT2D eigenvalue weighted by atomic mass is 9.93. The molecule has 0 saturated heterocycles. The minimum absolute atomic E-state index is 0.0123. The topological polar surface area (TPSA) is 78.6 Å². The van der Waals surface area contributed by atoms with Gasteiger partial charge < -0.3 is 15.2 Å². The summed E-state index contributed by atoms with van der Waals surface area (Å²) in [5, 5.41) is 0. The van der Waals surface area contributed by atoms with E-state index < -0.39 is 5.91 Å². The molecule has 0 radical (unpaired) electrons.